The van der Waals surface area contributed by atoms with E-state index in [0.29, 0.717) is 24.5 Å². The van der Waals surface area contributed by atoms with Gasteiger partial charge in [-0.3, -0.25) is 4.90 Å². The van der Waals surface area contributed by atoms with E-state index in [2.05, 4.69) is 19.9 Å². The van der Waals surface area contributed by atoms with Crippen LogP contribution in [0.3, 0.4) is 0 Å². The number of hydrogen-bond acceptors (Lipinski definition) is 3. The number of hydrogen-bond donors (Lipinski definition) is 1. The van der Waals surface area contributed by atoms with Gasteiger partial charge in [-0.1, -0.05) is 12.1 Å². The summed E-state index contributed by atoms with van der Waals surface area (Å²) in [4.78, 5) is 14.4. The lowest BCUT2D eigenvalue weighted by atomic mass is 10.0. The molecule has 0 saturated carbocycles. The van der Waals surface area contributed by atoms with Crippen molar-refractivity contribution in [2.75, 3.05) is 6.54 Å². The standard InChI is InChI=1S/C23H18F4N4/c24-18-5-6-20-19(9-18)16(11-28-20)12-31-8-7-15-10-29-22(30-21(15)13-31)14-1-3-17(4-2-14)23(25,26)27/h1-6,9-11,28H,7-8,12-13H2. The third-order valence-electron chi connectivity index (χ3n) is 5.62. The molecule has 0 radical (unpaired) electrons. The summed E-state index contributed by atoms with van der Waals surface area (Å²) in [6, 6.07) is 9.56. The molecule has 158 valence electrons. The first-order valence-corrected chi connectivity index (χ1v) is 9.87. The molecule has 0 fully saturated rings. The van der Waals surface area contributed by atoms with Crippen molar-refractivity contribution in [3.05, 3.63) is 83.1 Å². The molecular formula is C23H18F4N4. The Bertz CT molecular complexity index is 1240. The molecule has 0 amide bonds. The van der Waals surface area contributed by atoms with Crippen molar-refractivity contribution < 1.29 is 17.6 Å². The van der Waals surface area contributed by atoms with Gasteiger partial charge in [0, 0.05) is 48.5 Å². The Labute approximate surface area is 175 Å². The van der Waals surface area contributed by atoms with Gasteiger partial charge in [0.05, 0.1) is 11.3 Å². The number of fused-ring (bicyclic) bond motifs is 2. The second-order valence-corrected chi connectivity index (χ2v) is 7.71. The zero-order valence-electron chi connectivity index (χ0n) is 16.4. The number of aromatic nitrogens is 3. The van der Waals surface area contributed by atoms with Gasteiger partial charge in [-0.25, -0.2) is 14.4 Å². The average molecular weight is 426 g/mol. The van der Waals surface area contributed by atoms with E-state index in [0.717, 1.165) is 52.8 Å². The minimum atomic E-state index is -4.37. The fourth-order valence-electron chi connectivity index (χ4n) is 3.96. The van der Waals surface area contributed by atoms with Crippen LogP contribution in [0.25, 0.3) is 22.3 Å². The van der Waals surface area contributed by atoms with Crippen molar-refractivity contribution >= 4 is 10.9 Å². The lowest BCUT2D eigenvalue weighted by molar-refractivity contribution is -0.137. The molecule has 8 heteroatoms. The van der Waals surface area contributed by atoms with Gasteiger partial charge >= 0.3 is 6.18 Å². The van der Waals surface area contributed by atoms with Crippen LogP contribution in [0.1, 0.15) is 22.4 Å². The molecule has 0 spiro atoms. The zero-order valence-corrected chi connectivity index (χ0v) is 16.4. The summed E-state index contributed by atoms with van der Waals surface area (Å²) in [7, 11) is 0. The van der Waals surface area contributed by atoms with E-state index in [4.69, 9.17) is 0 Å². The molecule has 2 aromatic carbocycles. The molecule has 3 heterocycles. The van der Waals surface area contributed by atoms with Crippen molar-refractivity contribution in [3.63, 3.8) is 0 Å². The Hall–Kier alpha value is -3.26. The van der Waals surface area contributed by atoms with Gasteiger partial charge in [0.25, 0.3) is 0 Å². The molecule has 0 bridgehead atoms. The highest BCUT2D eigenvalue weighted by Crippen LogP contribution is 2.31. The largest absolute Gasteiger partial charge is 0.416 e. The van der Waals surface area contributed by atoms with Gasteiger partial charge in [-0.05, 0) is 47.9 Å². The smallest absolute Gasteiger partial charge is 0.361 e. The number of nitrogens with one attached hydrogen (secondary N) is 1. The summed E-state index contributed by atoms with van der Waals surface area (Å²) in [5.41, 5.74) is 3.64. The maximum Gasteiger partial charge on any atom is 0.416 e. The molecule has 0 atom stereocenters. The Kier molecular flexibility index (Phi) is 4.74. The monoisotopic (exact) mass is 426 g/mol. The fourth-order valence-corrected chi connectivity index (χ4v) is 3.96. The molecular weight excluding hydrogens is 408 g/mol. The fraction of sp³-hybridized carbons (Fsp3) is 0.217. The molecule has 0 aliphatic carbocycles. The van der Waals surface area contributed by atoms with E-state index >= 15 is 0 Å². The van der Waals surface area contributed by atoms with E-state index in [1.807, 2.05) is 6.20 Å². The number of nitrogens with zero attached hydrogens (tertiary/aromatic N) is 3. The van der Waals surface area contributed by atoms with Gasteiger partial charge in [0.1, 0.15) is 5.82 Å². The van der Waals surface area contributed by atoms with Crippen LogP contribution in [-0.4, -0.2) is 26.4 Å². The van der Waals surface area contributed by atoms with Crippen LogP contribution in [0.4, 0.5) is 17.6 Å². The molecule has 0 unspecified atom stereocenters. The number of rotatable bonds is 3. The number of alkyl halides is 3. The quantitative estimate of drug-likeness (QED) is 0.450. The van der Waals surface area contributed by atoms with Gasteiger partial charge < -0.3 is 4.98 Å². The molecule has 2 aromatic heterocycles. The second kappa shape index (κ2) is 7.46. The highest BCUT2D eigenvalue weighted by atomic mass is 19.4. The number of benzene rings is 2. The lowest BCUT2D eigenvalue weighted by Crippen LogP contribution is -2.31. The van der Waals surface area contributed by atoms with Crippen LogP contribution in [0.5, 0.6) is 0 Å². The van der Waals surface area contributed by atoms with E-state index < -0.39 is 11.7 Å². The Balaban J connectivity index is 1.37. The lowest BCUT2D eigenvalue weighted by Gasteiger charge is -2.27. The minimum Gasteiger partial charge on any atom is -0.361 e. The van der Waals surface area contributed by atoms with Gasteiger partial charge in [0.15, 0.2) is 5.82 Å². The Morgan fingerprint density at radius 2 is 1.87 bits per heavy atom. The number of H-pyrrole nitrogens is 1. The molecule has 4 nitrogen and oxygen atoms in total. The first-order chi connectivity index (χ1) is 14.9. The summed E-state index contributed by atoms with van der Waals surface area (Å²) >= 11 is 0. The predicted octanol–water partition coefficient (Wildman–Crippen LogP) is 5.34. The molecule has 1 aliphatic heterocycles. The normalized spacial score (nSPS) is 14.7. The van der Waals surface area contributed by atoms with Crippen molar-refractivity contribution in [1.29, 1.82) is 0 Å². The van der Waals surface area contributed by atoms with Crippen LogP contribution in [0, 0.1) is 5.82 Å². The molecule has 31 heavy (non-hydrogen) atoms. The highest BCUT2D eigenvalue weighted by Gasteiger charge is 2.30. The van der Waals surface area contributed by atoms with Gasteiger partial charge in [-0.15, -0.1) is 0 Å². The molecule has 1 aliphatic rings. The van der Waals surface area contributed by atoms with E-state index in [1.165, 1.54) is 24.3 Å². The van der Waals surface area contributed by atoms with E-state index in [1.54, 1.807) is 12.3 Å². The van der Waals surface area contributed by atoms with Crippen molar-refractivity contribution in [1.82, 2.24) is 19.9 Å². The van der Waals surface area contributed by atoms with Crippen LogP contribution < -0.4 is 0 Å². The zero-order chi connectivity index (χ0) is 21.6. The minimum absolute atomic E-state index is 0.272. The Morgan fingerprint density at radius 1 is 1.06 bits per heavy atom. The Morgan fingerprint density at radius 3 is 2.65 bits per heavy atom. The van der Waals surface area contributed by atoms with Gasteiger partial charge in [-0.2, -0.15) is 13.2 Å². The number of halogens is 4. The van der Waals surface area contributed by atoms with Crippen LogP contribution in [0.2, 0.25) is 0 Å². The van der Waals surface area contributed by atoms with Crippen LogP contribution >= 0.6 is 0 Å². The van der Waals surface area contributed by atoms with Crippen molar-refractivity contribution in [3.8, 4) is 11.4 Å². The molecule has 1 N–H and O–H groups in total. The summed E-state index contributed by atoms with van der Waals surface area (Å²) in [6.45, 7) is 2.05. The maximum absolute atomic E-state index is 13.7. The van der Waals surface area contributed by atoms with E-state index in [9.17, 15) is 17.6 Å². The van der Waals surface area contributed by atoms with Crippen molar-refractivity contribution in [2.24, 2.45) is 0 Å². The molecule has 5 rings (SSSR count). The topological polar surface area (TPSA) is 44.8 Å². The first-order valence-electron chi connectivity index (χ1n) is 9.87. The summed E-state index contributed by atoms with van der Waals surface area (Å²) in [6.07, 6.45) is 0.0569. The first kappa shape index (κ1) is 19.7. The highest BCUT2D eigenvalue weighted by molar-refractivity contribution is 5.83. The van der Waals surface area contributed by atoms with Gasteiger partial charge in [0.2, 0.25) is 0 Å². The third kappa shape index (κ3) is 3.90. The van der Waals surface area contributed by atoms with Crippen LogP contribution in [0.15, 0.2) is 54.9 Å². The van der Waals surface area contributed by atoms with Crippen LogP contribution in [-0.2, 0) is 25.7 Å². The molecule has 4 aromatic rings. The summed E-state index contributed by atoms with van der Waals surface area (Å²) < 4.78 is 52.1. The SMILES string of the molecule is Fc1ccc2[nH]cc(CN3CCc4cnc(-c5ccc(C(F)(F)F)cc5)nc4C3)c2c1. The summed E-state index contributed by atoms with van der Waals surface area (Å²) in [5.74, 6) is 0.134. The number of aromatic amines is 1. The third-order valence-corrected chi connectivity index (χ3v) is 5.62. The average Bonchev–Trinajstić information content (AvgIpc) is 3.14. The molecule has 0 saturated heterocycles. The van der Waals surface area contributed by atoms with Crippen molar-refractivity contribution in [2.45, 2.75) is 25.7 Å². The second-order valence-electron chi connectivity index (χ2n) is 7.71. The maximum atomic E-state index is 13.7. The predicted molar refractivity (Wildman–Crippen MR) is 109 cm³/mol. The summed E-state index contributed by atoms with van der Waals surface area (Å²) in [5, 5.41) is 0.860. The van der Waals surface area contributed by atoms with E-state index in [-0.39, 0.29) is 5.82 Å².